The highest BCUT2D eigenvalue weighted by Gasteiger charge is 2.07. The van der Waals surface area contributed by atoms with E-state index >= 15 is 0 Å². The Morgan fingerprint density at radius 3 is 2.75 bits per heavy atom. The van der Waals surface area contributed by atoms with Gasteiger partial charge in [0.25, 0.3) is 0 Å². The van der Waals surface area contributed by atoms with Gasteiger partial charge in [-0.1, -0.05) is 26.3 Å². The van der Waals surface area contributed by atoms with Crippen molar-refractivity contribution in [3.05, 3.63) is 35.5 Å². The molecule has 0 fully saturated rings. The molecule has 0 saturated carbocycles. The Labute approximate surface area is 123 Å². The molecule has 0 radical (unpaired) electrons. The smallest absolute Gasteiger partial charge is 0.213 e. The molecule has 0 aromatic carbocycles. The van der Waals surface area contributed by atoms with Gasteiger partial charge in [-0.15, -0.1) is 6.58 Å². The van der Waals surface area contributed by atoms with Gasteiger partial charge >= 0.3 is 0 Å². The number of hydrogen-bond acceptors (Lipinski definition) is 3. The molecule has 112 valence electrons. The number of hydrogen-bond donors (Lipinski definition) is 1. The fraction of sp³-hybridized carbons (Fsp3) is 0.588. The maximum atomic E-state index is 5.75. The van der Waals surface area contributed by atoms with Crippen LogP contribution in [0.1, 0.15) is 57.7 Å². The molecule has 0 aliphatic carbocycles. The summed E-state index contributed by atoms with van der Waals surface area (Å²) in [7, 11) is 0. The SMILES string of the molecule is C=C(C)CCOc1cc(CNCCC)cc(C(C)C)n1. The Morgan fingerprint density at radius 2 is 2.15 bits per heavy atom. The number of nitrogens with zero attached hydrogens (tertiary/aromatic N) is 1. The van der Waals surface area contributed by atoms with Crippen LogP contribution in [0, 0.1) is 0 Å². The molecule has 3 nitrogen and oxygen atoms in total. The van der Waals surface area contributed by atoms with Crippen LogP contribution in [0.5, 0.6) is 5.88 Å². The monoisotopic (exact) mass is 276 g/mol. The summed E-state index contributed by atoms with van der Waals surface area (Å²) < 4.78 is 5.75. The first-order chi connectivity index (χ1) is 9.52. The van der Waals surface area contributed by atoms with Crippen molar-refractivity contribution in [1.29, 1.82) is 0 Å². The molecule has 3 heteroatoms. The van der Waals surface area contributed by atoms with E-state index in [9.17, 15) is 0 Å². The van der Waals surface area contributed by atoms with Crippen molar-refractivity contribution < 1.29 is 4.74 Å². The number of ether oxygens (including phenoxy) is 1. The lowest BCUT2D eigenvalue weighted by atomic mass is 10.1. The van der Waals surface area contributed by atoms with Crippen molar-refractivity contribution in [2.24, 2.45) is 0 Å². The molecule has 1 aromatic rings. The van der Waals surface area contributed by atoms with E-state index in [-0.39, 0.29) is 0 Å². The van der Waals surface area contributed by atoms with Crippen LogP contribution >= 0.6 is 0 Å². The van der Waals surface area contributed by atoms with Crippen molar-refractivity contribution in [3.8, 4) is 5.88 Å². The first-order valence-electron chi connectivity index (χ1n) is 7.51. The van der Waals surface area contributed by atoms with Crippen LogP contribution in [0.3, 0.4) is 0 Å². The Bertz CT molecular complexity index is 427. The molecule has 0 unspecified atom stereocenters. The third-order valence-corrected chi connectivity index (χ3v) is 3.01. The molecule has 1 N–H and O–H groups in total. The average Bonchev–Trinajstić information content (AvgIpc) is 2.38. The predicted octanol–water partition coefficient (Wildman–Crippen LogP) is 4.05. The fourth-order valence-corrected chi connectivity index (χ4v) is 1.79. The minimum absolute atomic E-state index is 0.407. The van der Waals surface area contributed by atoms with Gasteiger partial charge in [-0.25, -0.2) is 4.98 Å². The van der Waals surface area contributed by atoms with E-state index in [0.29, 0.717) is 12.5 Å². The second-order valence-electron chi connectivity index (χ2n) is 5.63. The highest BCUT2D eigenvalue weighted by atomic mass is 16.5. The zero-order chi connectivity index (χ0) is 15.0. The minimum Gasteiger partial charge on any atom is -0.477 e. The Balaban J connectivity index is 2.73. The second kappa shape index (κ2) is 8.75. The summed E-state index contributed by atoms with van der Waals surface area (Å²) in [6.07, 6.45) is 2.01. The Kier molecular flexibility index (Phi) is 7.31. The normalized spacial score (nSPS) is 10.8. The summed E-state index contributed by atoms with van der Waals surface area (Å²) >= 11 is 0. The summed E-state index contributed by atoms with van der Waals surface area (Å²) in [4.78, 5) is 4.58. The molecule has 1 heterocycles. The first-order valence-corrected chi connectivity index (χ1v) is 7.51. The van der Waals surface area contributed by atoms with E-state index in [4.69, 9.17) is 4.74 Å². The molecule has 0 atom stereocenters. The molecule has 0 aliphatic heterocycles. The van der Waals surface area contributed by atoms with Gasteiger partial charge in [0, 0.05) is 24.7 Å². The lowest BCUT2D eigenvalue weighted by Gasteiger charge is -2.12. The quantitative estimate of drug-likeness (QED) is 0.546. The largest absolute Gasteiger partial charge is 0.477 e. The zero-order valence-corrected chi connectivity index (χ0v) is 13.3. The third kappa shape index (κ3) is 6.20. The minimum atomic E-state index is 0.407. The molecule has 1 rings (SSSR count). The molecule has 0 amide bonds. The molecule has 1 aromatic heterocycles. The summed E-state index contributed by atoms with van der Waals surface area (Å²) in [6, 6.07) is 4.20. The molecule has 0 aliphatic rings. The van der Waals surface area contributed by atoms with Crippen LogP contribution in [-0.2, 0) is 6.54 Å². The number of aromatic nitrogens is 1. The first kappa shape index (κ1) is 16.7. The van der Waals surface area contributed by atoms with Gasteiger partial charge in [0.15, 0.2) is 0 Å². The predicted molar refractivity (Wildman–Crippen MR) is 85.2 cm³/mol. The van der Waals surface area contributed by atoms with Gasteiger partial charge < -0.3 is 10.1 Å². The highest BCUT2D eigenvalue weighted by molar-refractivity contribution is 5.26. The fourth-order valence-electron chi connectivity index (χ4n) is 1.79. The Morgan fingerprint density at radius 1 is 1.40 bits per heavy atom. The van der Waals surface area contributed by atoms with E-state index < -0.39 is 0 Å². The van der Waals surface area contributed by atoms with Crippen molar-refractivity contribution in [1.82, 2.24) is 10.3 Å². The van der Waals surface area contributed by atoms with Gasteiger partial charge in [-0.2, -0.15) is 0 Å². The maximum Gasteiger partial charge on any atom is 0.213 e. The van der Waals surface area contributed by atoms with Crippen LogP contribution in [0.2, 0.25) is 0 Å². The van der Waals surface area contributed by atoms with Crippen molar-refractivity contribution in [3.63, 3.8) is 0 Å². The Hall–Kier alpha value is -1.35. The van der Waals surface area contributed by atoms with Gasteiger partial charge in [-0.05, 0) is 37.4 Å². The molecular weight excluding hydrogens is 248 g/mol. The van der Waals surface area contributed by atoms with E-state index in [2.05, 4.69) is 43.7 Å². The van der Waals surface area contributed by atoms with E-state index in [1.807, 2.05) is 13.0 Å². The van der Waals surface area contributed by atoms with Crippen LogP contribution in [0.25, 0.3) is 0 Å². The average molecular weight is 276 g/mol. The van der Waals surface area contributed by atoms with E-state index in [0.717, 1.165) is 43.1 Å². The lowest BCUT2D eigenvalue weighted by molar-refractivity contribution is 0.307. The number of rotatable bonds is 9. The molecule has 20 heavy (non-hydrogen) atoms. The standard InChI is InChI=1S/C17H28N2O/c1-6-8-18-12-15-10-16(14(4)5)19-17(11-15)20-9-7-13(2)3/h10-11,14,18H,2,6-9,12H2,1,3-5H3. The van der Waals surface area contributed by atoms with Gasteiger partial charge in [0.1, 0.15) is 0 Å². The van der Waals surface area contributed by atoms with Crippen LogP contribution < -0.4 is 10.1 Å². The van der Waals surface area contributed by atoms with Gasteiger partial charge in [0.2, 0.25) is 5.88 Å². The second-order valence-corrected chi connectivity index (χ2v) is 5.63. The summed E-state index contributed by atoms with van der Waals surface area (Å²) in [5.41, 5.74) is 3.46. The van der Waals surface area contributed by atoms with Crippen molar-refractivity contribution in [2.45, 2.75) is 53.0 Å². The summed E-state index contributed by atoms with van der Waals surface area (Å²) in [5, 5.41) is 3.42. The van der Waals surface area contributed by atoms with Crippen LogP contribution in [-0.4, -0.2) is 18.1 Å². The lowest BCUT2D eigenvalue weighted by Crippen LogP contribution is -2.14. The molecular formula is C17H28N2O. The topological polar surface area (TPSA) is 34.1 Å². The zero-order valence-electron chi connectivity index (χ0n) is 13.3. The number of nitrogens with one attached hydrogen (secondary N) is 1. The van der Waals surface area contributed by atoms with E-state index in [1.54, 1.807) is 0 Å². The van der Waals surface area contributed by atoms with Crippen LogP contribution in [0.15, 0.2) is 24.3 Å². The summed E-state index contributed by atoms with van der Waals surface area (Å²) in [5.74, 6) is 1.13. The third-order valence-electron chi connectivity index (χ3n) is 3.01. The summed E-state index contributed by atoms with van der Waals surface area (Å²) in [6.45, 7) is 14.9. The molecule has 0 bridgehead atoms. The number of pyridine rings is 1. The van der Waals surface area contributed by atoms with Gasteiger partial charge in [-0.3, -0.25) is 0 Å². The van der Waals surface area contributed by atoms with E-state index in [1.165, 1.54) is 5.56 Å². The van der Waals surface area contributed by atoms with Crippen molar-refractivity contribution >= 4 is 0 Å². The maximum absolute atomic E-state index is 5.75. The van der Waals surface area contributed by atoms with Gasteiger partial charge in [0.05, 0.1) is 6.61 Å². The molecule has 0 spiro atoms. The molecule has 0 saturated heterocycles. The van der Waals surface area contributed by atoms with Crippen LogP contribution in [0.4, 0.5) is 0 Å². The van der Waals surface area contributed by atoms with Crippen molar-refractivity contribution in [2.75, 3.05) is 13.2 Å². The highest BCUT2D eigenvalue weighted by Crippen LogP contribution is 2.19.